The lowest BCUT2D eigenvalue weighted by molar-refractivity contribution is -0.130. The van der Waals surface area contributed by atoms with Crippen molar-refractivity contribution in [1.82, 2.24) is 14.8 Å². The van der Waals surface area contributed by atoms with Crippen molar-refractivity contribution in [3.8, 4) is 0 Å². The number of anilines is 1. The summed E-state index contributed by atoms with van der Waals surface area (Å²) in [5.74, 6) is 0.135. The molecule has 2 aliphatic rings. The van der Waals surface area contributed by atoms with Crippen molar-refractivity contribution in [2.24, 2.45) is 0 Å². The minimum atomic E-state index is -0.0192. The second-order valence-corrected chi connectivity index (χ2v) is 6.88. The molecule has 0 saturated carbocycles. The molecule has 2 amide bonds. The van der Waals surface area contributed by atoms with Gasteiger partial charge in [0.1, 0.15) is 0 Å². The number of hydrogen-bond acceptors (Lipinski definition) is 5. The topological polar surface area (TPSA) is 65.5 Å². The number of carbonyl (C=O) groups excluding carboxylic acids is 2. The van der Waals surface area contributed by atoms with E-state index in [2.05, 4.69) is 15.2 Å². The van der Waals surface area contributed by atoms with Crippen LogP contribution in [-0.4, -0.2) is 58.3 Å². The number of rotatable bonds is 4. The number of aromatic nitrogens is 1. The normalized spacial score (nSPS) is 25.6. The fraction of sp³-hybridized carbons (Fsp3) is 0.667. The Kier molecular flexibility index (Phi) is 4.73. The highest BCUT2D eigenvalue weighted by Gasteiger charge is 2.39. The van der Waals surface area contributed by atoms with E-state index in [0.717, 1.165) is 38.8 Å². The van der Waals surface area contributed by atoms with Crippen molar-refractivity contribution >= 4 is 28.3 Å². The van der Waals surface area contributed by atoms with E-state index in [-0.39, 0.29) is 17.9 Å². The molecule has 6 nitrogen and oxygen atoms in total. The van der Waals surface area contributed by atoms with Crippen LogP contribution >= 0.6 is 11.3 Å². The Morgan fingerprint density at radius 1 is 1.32 bits per heavy atom. The minimum absolute atomic E-state index is 0.0192. The van der Waals surface area contributed by atoms with Gasteiger partial charge in [0.25, 0.3) is 0 Å². The number of likely N-dealkylation sites (tertiary alicyclic amines) is 2. The van der Waals surface area contributed by atoms with Gasteiger partial charge in [-0.25, -0.2) is 4.98 Å². The Balaban J connectivity index is 1.60. The molecule has 2 atom stereocenters. The molecular weight excluding hydrogens is 300 g/mol. The second-order valence-electron chi connectivity index (χ2n) is 5.99. The third-order valence-corrected chi connectivity index (χ3v) is 5.28. The second kappa shape index (κ2) is 6.75. The molecule has 0 spiro atoms. The van der Waals surface area contributed by atoms with Crippen LogP contribution in [0.25, 0.3) is 0 Å². The van der Waals surface area contributed by atoms with Crippen molar-refractivity contribution in [3.05, 3.63) is 11.6 Å². The molecule has 0 unspecified atom stereocenters. The maximum absolute atomic E-state index is 12.2. The van der Waals surface area contributed by atoms with Crippen LogP contribution < -0.4 is 5.32 Å². The molecule has 120 valence electrons. The molecular formula is C15H22N4O2S. The van der Waals surface area contributed by atoms with Crippen LogP contribution in [0.4, 0.5) is 5.13 Å². The molecule has 0 aliphatic carbocycles. The zero-order chi connectivity index (χ0) is 15.5. The van der Waals surface area contributed by atoms with Crippen molar-refractivity contribution < 1.29 is 9.59 Å². The molecule has 7 heteroatoms. The van der Waals surface area contributed by atoms with E-state index in [0.29, 0.717) is 17.7 Å². The summed E-state index contributed by atoms with van der Waals surface area (Å²) in [4.78, 5) is 32.2. The van der Waals surface area contributed by atoms with Gasteiger partial charge in [-0.2, -0.15) is 0 Å². The van der Waals surface area contributed by atoms with E-state index < -0.39 is 0 Å². The Labute approximate surface area is 134 Å². The maximum Gasteiger partial charge on any atom is 0.240 e. The number of nitrogens with one attached hydrogen (secondary N) is 1. The molecule has 1 aromatic heterocycles. The van der Waals surface area contributed by atoms with Crippen LogP contribution in [0.5, 0.6) is 0 Å². The molecule has 0 aromatic carbocycles. The summed E-state index contributed by atoms with van der Waals surface area (Å²) in [5.41, 5.74) is 0. The number of thiazole rings is 1. The van der Waals surface area contributed by atoms with Crippen molar-refractivity contribution in [3.63, 3.8) is 0 Å². The van der Waals surface area contributed by atoms with Crippen LogP contribution in [0.2, 0.25) is 0 Å². The summed E-state index contributed by atoms with van der Waals surface area (Å²) in [6, 6.07) is 0.584. The predicted octanol–water partition coefficient (Wildman–Crippen LogP) is 1.56. The molecule has 22 heavy (non-hydrogen) atoms. The molecule has 1 aromatic rings. The van der Waals surface area contributed by atoms with Crippen molar-refractivity contribution in [2.75, 3.05) is 25.0 Å². The van der Waals surface area contributed by atoms with Gasteiger partial charge in [-0.05, 0) is 32.2 Å². The highest BCUT2D eigenvalue weighted by Crippen LogP contribution is 2.29. The first-order valence-electron chi connectivity index (χ1n) is 7.86. The fourth-order valence-electron chi connectivity index (χ4n) is 3.70. The number of carbonyl (C=O) groups is 2. The summed E-state index contributed by atoms with van der Waals surface area (Å²) in [7, 11) is 0. The third kappa shape index (κ3) is 3.30. The van der Waals surface area contributed by atoms with E-state index in [1.54, 1.807) is 13.1 Å². The number of nitrogens with zero attached hydrogens (tertiary/aromatic N) is 3. The highest BCUT2D eigenvalue weighted by atomic mass is 32.1. The molecule has 3 heterocycles. The van der Waals surface area contributed by atoms with Gasteiger partial charge in [-0.3, -0.25) is 14.5 Å². The van der Waals surface area contributed by atoms with Gasteiger partial charge < -0.3 is 10.2 Å². The lowest BCUT2D eigenvalue weighted by atomic mass is 10.0. The van der Waals surface area contributed by atoms with Crippen molar-refractivity contribution in [2.45, 2.75) is 44.7 Å². The van der Waals surface area contributed by atoms with E-state index in [1.807, 2.05) is 10.3 Å². The van der Waals surface area contributed by atoms with Crippen LogP contribution in [0.1, 0.15) is 32.6 Å². The average Bonchev–Trinajstić information content (AvgIpc) is 3.17. The molecule has 2 saturated heterocycles. The first-order chi connectivity index (χ1) is 10.6. The standard InChI is InChI=1S/C15H22N4O2S/c1-11(20)19-8-3-5-13(19)12-4-2-7-18(12)10-14(21)17-15-16-6-9-22-15/h6,9,12-13H,2-5,7-8,10H2,1H3,(H,16,17,21)/t12-,13-/m0/s1. The summed E-state index contributed by atoms with van der Waals surface area (Å²) in [6.45, 7) is 3.81. The first kappa shape index (κ1) is 15.4. The summed E-state index contributed by atoms with van der Waals surface area (Å²) in [6.07, 6.45) is 5.97. The van der Waals surface area contributed by atoms with E-state index >= 15 is 0 Å². The Morgan fingerprint density at radius 2 is 2.09 bits per heavy atom. The largest absolute Gasteiger partial charge is 0.338 e. The molecule has 0 bridgehead atoms. The number of hydrogen-bond donors (Lipinski definition) is 1. The average molecular weight is 322 g/mol. The molecule has 3 rings (SSSR count). The monoisotopic (exact) mass is 322 g/mol. The summed E-state index contributed by atoms with van der Waals surface area (Å²) in [5, 5.41) is 5.33. The highest BCUT2D eigenvalue weighted by molar-refractivity contribution is 7.13. The van der Waals surface area contributed by atoms with Gasteiger partial charge in [0.2, 0.25) is 11.8 Å². The van der Waals surface area contributed by atoms with Gasteiger partial charge >= 0.3 is 0 Å². The first-order valence-corrected chi connectivity index (χ1v) is 8.73. The Bertz CT molecular complexity index is 534. The minimum Gasteiger partial charge on any atom is -0.338 e. The van der Waals surface area contributed by atoms with E-state index in [9.17, 15) is 9.59 Å². The lowest BCUT2D eigenvalue weighted by Gasteiger charge is -2.34. The lowest BCUT2D eigenvalue weighted by Crippen LogP contribution is -2.49. The fourth-order valence-corrected chi connectivity index (χ4v) is 4.24. The van der Waals surface area contributed by atoms with Gasteiger partial charge in [-0.1, -0.05) is 0 Å². The molecule has 2 aliphatic heterocycles. The maximum atomic E-state index is 12.2. The SMILES string of the molecule is CC(=O)N1CCC[C@H]1[C@@H]1CCCN1CC(=O)Nc1nccs1. The molecule has 0 radical (unpaired) electrons. The smallest absolute Gasteiger partial charge is 0.240 e. The predicted molar refractivity (Wildman–Crippen MR) is 85.7 cm³/mol. The quantitative estimate of drug-likeness (QED) is 0.913. The Morgan fingerprint density at radius 3 is 2.82 bits per heavy atom. The van der Waals surface area contributed by atoms with Crippen LogP contribution in [-0.2, 0) is 9.59 Å². The van der Waals surface area contributed by atoms with Crippen LogP contribution in [0.15, 0.2) is 11.6 Å². The zero-order valence-electron chi connectivity index (χ0n) is 12.8. The van der Waals surface area contributed by atoms with Crippen LogP contribution in [0, 0.1) is 0 Å². The summed E-state index contributed by atoms with van der Waals surface area (Å²) >= 11 is 1.43. The molecule has 1 N–H and O–H groups in total. The number of amides is 2. The van der Waals surface area contributed by atoms with Crippen LogP contribution in [0.3, 0.4) is 0 Å². The Hall–Kier alpha value is -1.47. The van der Waals surface area contributed by atoms with E-state index in [1.165, 1.54) is 11.3 Å². The van der Waals surface area contributed by atoms with Gasteiger partial charge in [-0.15, -0.1) is 11.3 Å². The third-order valence-electron chi connectivity index (χ3n) is 4.59. The van der Waals surface area contributed by atoms with E-state index in [4.69, 9.17) is 0 Å². The molecule has 2 fully saturated rings. The van der Waals surface area contributed by atoms with Gasteiger partial charge in [0, 0.05) is 37.1 Å². The van der Waals surface area contributed by atoms with Gasteiger partial charge in [0.05, 0.1) is 6.54 Å². The van der Waals surface area contributed by atoms with Gasteiger partial charge in [0.15, 0.2) is 5.13 Å². The van der Waals surface area contributed by atoms with Crippen molar-refractivity contribution in [1.29, 1.82) is 0 Å². The zero-order valence-corrected chi connectivity index (χ0v) is 13.6. The summed E-state index contributed by atoms with van der Waals surface area (Å²) < 4.78 is 0.